The van der Waals surface area contributed by atoms with E-state index in [9.17, 15) is 0 Å². The van der Waals surface area contributed by atoms with E-state index in [1.165, 1.54) is 77.0 Å². The Morgan fingerprint density at radius 3 is 1.65 bits per heavy atom. The molecule has 2 fully saturated rings. The highest BCUT2D eigenvalue weighted by Gasteiger charge is 2.30. The van der Waals surface area contributed by atoms with E-state index in [0.29, 0.717) is 0 Å². The predicted molar refractivity (Wildman–Crippen MR) is 75.8 cm³/mol. The zero-order valence-corrected chi connectivity index (χ0v) is 11.6. The van der Waals surface area contributed by atoms with Gasteiger partial charge in [0, 0.05) is 0 Å². The first kappa shape index (κ1) is 13.4. The van der Waals surface area contributed by atoms with Crippen LogP contribution in [0.2, 0.25) is 0 Å². The highest BCUT2D eigenvalue weighted by Crippen LogP contribution is 2.42. The van der Waals surface area contributed by atoms with E-state index in [1.54, 1.807) is 0 Å². The van der Waals surface area contributed by atoms with Gasteiger partial charge in [0.15, 0.2) is 0 Å². The number of hydrogen-bond donors (Lipinski definition) is 0. The fourth-order valence-corrected chi connectivity index (χ4v) is 4.36. The molecule has 0 aliphatic heterocycles. The average Bonchev–Trinajstić information content (AvgIpc) is 2.42. The molecule has 1 radical (unpaired) electrons. The lowest BCUT2D eigenvalue weighted by molar-refractivity contribution is 0.133. The number of rotatable bonds is 5. The molecule has 0 aromatic carbocycles. The Morgan fingerprint density at radius 1 is 0.765 bits per heavy atom. The van der Waals surface area contributed by atoms with Gasteiger partial charge in [-0.25, -0.2) is 0 Å². The van der Waals surface area contributed by atoms with Gasteiger partial charge >= 0.3 is 0 Å². The molecule has 0 N–H and O–H groups in total. The standard InChI is InChI=1S/C17H31/c1-2-3-14-17(15-10-6-4-7-11-15)16-12-8-5-9-13-16/h15-17H,1-14H2. The minimum Gasteiger partial charge on any atom is -0.0533 e. The Hall–Kier alpha value is 0. The quantitative estimate of drug-likeness (QED) is 0.567. The van der Waals surface area contributed by atoms with Gasteiger partial charge in [-0.1, -0.05) is 84.0 Å². The molecule has 17 heavy (non-hydrogen) atoms. The van der Waals surface area contributed by atoms with Crippen LogP contribution in [0.25, 0.3) is 0 Å². The molecule has 0 amide bonds. The topological polar surface area (TPSA) is 0 Å². The smallest absolute Gasteiger partial charge is 0.0357 e. The summed E-state index contributed by atoms with van der Waals surface area (Å²) in [6, 6.07) is 0. The van der Waals surface area contributed by atoms with Crippen LogP contribution < -0.4 is 0 Å². The Bertz CT molecular complexity index is 166. The molecular weight excluding hydrogens is 204 g/mol. The van der Waals surface area contributed by atoms with E-state index in [4.69, 9.17) is 0 Å². The zero-order chi connectivity index (χ0) is 11.9. The Balaban J connectivity index is 1.90. The Morgan fingerprint density at radius 2 is 1.24 bits per heavy atom. The minimum absolute atomic E-state index is 1.07. The van der Waals surface area contributed by atoms with Gasteiger partial charge in [-0.05, 0) is 24.2 Å². The summed E-state index contributed by atoms with van der Waals surface area (Å²) in [5.74, 6) is 3.23. The van der Waals surface area contributed by atoms with Crippen molar-refractivity contribution < 1.29 is 0 Å². The number of unbranched alkanes of at least 4 members (excludes halogenated alkanes) is 1. The zero-order valence-electron chi connectivity index (χ0n) is 11.6. The van der Waals surface area contributed by atoms with Crippen LogP contribution >= 0.6 is 0 Å². The van der Waals surface area contributed by atoms with Gasteiger partial charge in [0.2, 0.25) is 0 Å². The summed E-state index contributed by atoms with van der Waals surface area (Å²) >= 11 is 0. The summed E-state index contributed by atoms with van der Waals surface area (Å²) in [6.07, 6.45) is 19.2. The molecule has 2 aliphatic carbocycles. The fourth-order valence-electron chi connectivity index (χ4n) is 4.36. The first-order chi connectivity index (χ1) is 8.42. The second kappa shape index (κ2) is 7.44. The molecule has 0 bridgehead atoms. The molecular formula is C17H31. The van der Waals surface area contributed by atoms with Gasteiger partial charge in [-0.2, -0.15) is 0 Å². The van der Waals surface area contributed by atoms with E-state index in [1.807, 2.05) is 0 Å². The van der Waals surface area contributed by atoms with Crippen LogP contribution in [-0.2, 0) is 0 Å². The maximum Gasteiger partial charge on any atom is -0.0357 e. The molecule has 0 nitrogen and oxygen atoms in total. The van der Waals surface area contributed by atoms with E-state index in [2.05, 4.69) is 6.92 Å². The molecule has 0 unspecified atom stereocenters. The summed E-state index contributed by atoms with van der Waals surface area (Å²) in [7, 11) is 0. The van der Waals surface area contributed by atoms with Crippen LogP contribution in [0, 0.1) is 24.7 Å². The van der Waals surface area contributed by atoms with Crippen LogP contribution in [0.4, 0.5) is 0 Å². The first-order valence-electron chi connectivity index (χ1n) is 8.21. The summed E-state index contributed by atoms with van der Waals surface area (Å²) in [6.45, 7) is 4.05. The SMILES string of the molecule is [CH2]CCCC(C1CCCCC1)C1CCCCC1. The van der Waals surface area contributed by atoms with E-state index in [0.717, 1.165) is 24.2 Å². The molecule has 2 rings (SSSR count). The highest BCUT2D eigenvalue weighted by atomic mass is 14.4. The van der Waals surface area contributed by atoms with E-state index >= 15 is 0 Å². The van der Waals surface area contributed by atoms with Crippen molar-refractivity contribution in [3.05, 3.63) is 6.92 Å². The van der Waals surface area contributed by atoms with Gasteiger partial charge < -0.3 is 0 Å². The predicted octanol–water partition coefficient (Wildman–Crippen LogP) is 5.77. The van der Waals surface area contributed by atoms with Crippen molar-refractivity contribution in [2.75, 3.05) is 0 Å². The van der Waals surface area contributed by atoms with Gasteiger partial charge in [0.05, 0.1) is 0 Å². The van der Waals surface area contributed by atoms with Crippen molar-refractivity contribution in [3.63, 3.8) is 0 Å². The van der Waals surface area contributed by atoms with Crippen LogP contribution in [0.5, 0.6) is 0 Å². The van der Waals surface area contributed by atoms with E-state index in [-0.39, 0.29) is 0 Å². The minimum atomic E-state index is 1.07. The fraction of sp³-hybridized carbons (Fsp3) is 0.941. The summed E-state index contributed by atoms with van der Waals surface area (Å²) < 4.78 is 0. The first-order valence-corrected chi connectivity index (χ1v) is 8.21. The lowest BCUT2D eigenvalue weighted by atomic mass is 9.68. The molecule has 99 valence electrons. The van der Waals surface area contributed by atoms with Crippen LogP contribution in [-0.4, -0.2) is 0 Å². The Labute approximate surface area is 109 Å². The molecule has 2 aliphatic rings. The molecule has 0 heteroatoms. The van der Waals surface area contributed by atoms with Gasteiger partial charge in [0.25, 0.3) is 0 Å². The van der Waals surface area contributed by atoms with Crippen LogP contribution in [0.3, 0.4) is 0 Å². The maximum absolute atomic E-state index is 4.05. The van der Waals surface area contributed by atoms with Crippen molar-refractivity contribution in [1.29, 1.82) is 0 Å². The third-order valence-electron chi connectivity index (χ3n) is 5.30. The second-order valence-electron chi connectivity index (χ2n) is 6.46. The summed E-state index contributed by atoms with van der Waals surface area (Å²) in [4.78, 5) is 0. The van der Waals surface area contributed by atoms with Crippen molar-refractivity contribution in [2.24, 2.45) is 17.8 Å². The molecule has 0 aromatic rings. The normalized spacial score (nSPS) is 24.4. The maximum atomic E-state index is 4.05. The monoisotopic (exact) mass is 235 g/mol. The van der Waals surface area contributed by atoms with Crippen molar-refractivity contribution in [3.8, 4) is 0 Å². The Kier molecular flexibility index (Phi) is 5.88. The number of hydrogen-bond acceptors (Lipinski definition) is 0. The third kappa shape index (κ3) is 4.00. The summed E-state index contributed by atoms with van der Waals surface area (Å²) in [5.41, 5.74) is 0. The second-order valence-corrected chi connectivity index (χ2v) is 6.46. The van der Waals surface area contributed by atoms with Crippen molar-refractivity contribution in [2.45, 2.75) is 83.5 Å². The largest absolute Gasteiger partial charge is 0.0533 e. The molecule has 0 aromatic heterocycles. The van der Waals surface area contributed by atoms with Gasteiger partial charge in [0.1, 0.15) is 0 Å². The lowest BCUT2D eigenvalue weighted by Crippen LogP contribution is -2.27. The van der Waals surface area contributed by atoms with Crippen LogP contribution in [0.1, 0.15) is 83.5 Å². The van der Waals surface area contributed by atoms with Gasteiger partial charge in [-0.15, -0.1) is 0 Å². The van der Waals surface area contributed by atoms with Crippen LogP contribution in [0.15, 0.2) is 0 Å². The van der Waals surface area contributed by atoms with E-state index < -0.39 is 0 Å². The lowest BCUT2D eigenvalue weighted by Gasteiger charge is -2.38. The van der Waals surface area contributed by atoms with Crippen molar-refractivity contribution >= 4 is 0 Å². The molecule has 0 atom stereocenters. The van der Waals surface area contributed by atoms with Gasteiger partial charge in [-0.3, -0.25) is 0 Å². The molecule has 0 spiro atoms. The molecule has 0 saturated heterocycles. The molecule has 0 heterocycles. The third-order valence-corrected chi connectivity index (χ3v) is 5.30. The van der Waals surface area contributed by atoms with Crippen molar-refractivity contribution in [1.82, 2.24) is 0 Å². The summed E-state index contributed by atoms with van der Waals surface area (Å²) in [5, 5.41) is 0. The molecule has 2 saturated carbocycles. The highest BCUT2D eigenvalue weighted by molar-refractivity contribution is 4.81. The average molecular weight is 235 g/mol.